The summed E-state index contributed by atoms with van der Waals surface area (Å²) in [5.74, 6) is -1.06. The van der Waals surface area contributed by atoms with Crippen molar-refractivity contribution in [2.24, 2.45) is 0 Å². The van der Waals surface area contributed by atoms with E-state index in [1.807, 2.05) is 22.6 Å². The summed E-state index contributed by atoms with van der Waals surface area (Å²) in [4.78, 5) is 12.1. The Bertz CT molecular complexity index is 643. The van der Waals surface area contributed by atoms with Crippen molar-refractivity contribution in [3.8, 4) is 0 Å². The monoisotopic (exact) mass is 392 g/mol. The van der Waals surface area contributed by atoms with Crippen LogP contribution in [-0.4, -0.2) is 5.78 Å². The molecule has 0 aromatic heterocycles. The van der Waals surface area contributed by atoms with E-state index in [0.29, 0.717) is 14.7 Å². The van der Waals surface area contributed by atoms with Crippen LogP contribution in [0.15, 0.2) is 36.4 Å². The van der Waals surface area contributed by atoms with Gasteiger partial charge in [0.25, 0.3) is 0 Å². The number of halogens is 4. The van der Waals surface area contributed by atoms with Crippen molar-refractivity contribution in [1.29, 1.82) is 0 Å². The largest absolute Gasteiger partial charge is 0.294 e. The first kappa shape index (κ1) is 14.4. The summed E-state index contributed by atoms with van der Waals surface area (Å²) in [6, 6.07) is 8.14. The SMILES string of the molecule is O=C(Cc1ccc(F)c(Cl)c1)c1ccc(F)cc1I. The van der Waals surface area contributed by atoms with Gasteiger partial charge >= 0.3 is 0 Å². The molecule has 0 unspecified atom stereocenters. The van der Waals surface area contributed by atoms with Crippen molar-refractivity contribution in [2.45, 2.75) is 6.42 Å². The third-order valence-electron chi connectivity index (χ3n) is 2.58. The maximum absolute atomic E-state index is 13.0. The van der Waals surface area contributed by atoms with Crippen LogP contribution in [0.1, 0.15) is 15.9 Å². The van der Waals surface area contributed by atoms with Crippen molar-refractivity contribution in [2.75, 3.05) is 0 Å². The van der Waals surface area contributed by atoms with E-state index in [1.165, 1.54) is 36.4 Å². The van der Waals surface area contributed by atoms with Gasteiger partial charge in [0.2, 0.25) is 0 Å². The summed E-state index contributed by atoms with van der Waals surface area (Å²) >= 11 is 7.57. The van der Waals surface area contributed by atoms with E-state index in [9.17, 15) is 13.6 Å². The van der Waals surface area contributed by atoms with Crippen molar-refractivity contribution >= 4 is 40.0 Å². The molecule has 2 aromatic carbocycles. The zero-order valence-corrected chi connectivity index (χ0v) is 12.5. The van der Waals surface area contributed by atoms with Gasteiger partial charge in [-0.2, -0.15) is 0 Å². The highest BCUT2D eigenvalue weighted by Gasteiger charge is 2.12. The van der Waals surface area contributed by atoms with E-state index in [4.69, 9.17) is 11.6 Å². The molecule has 0 aliphatic rings. The Morgan fingerprint density at radius 1 is 1.16 bits per heavy atom. The molecule has 1 nitrogen and oxygen atoms in total. The second-order valence-corrected chi connectivity index (χ2v) is 5.54. The van der Waals surface area contributed by atoms with Crippen LogP contribution < -0.4 is 0 Å². The Labute approximate surface area is 127 Å². The van der Waals surface area contributed by atoms with Crippen LogP contribution in [0.5, 0.6) is 0 Å². The second-order valence-electron chi connectivity index (χ2n) is 3.97. The molecule has 0 spiro atoms. The van der Waals surface area contributed by atoms with E-state index in [1.54, 1.807) is 0 Å². The molecule has 0 bridgehead atoms. The van der Waals surface area contributed by atoms with Crippen molar-refractivity contribution in [3.63, 3.8) is 0 Å². The van der Waals surface area contributed by atoms with Gasteiger partial charge in [-0.15, -0.1) is 0 Å². The molecule has 0 N–H and O–H groups in total. The van der Waals surface area contributed by atoms with Gasteiger partial charge < -0.3 is 0 Å². The summed E-state index contributed by atoms with van der Waals surface area (Å²) in [6.45, 7) is 0. The number of ketones is 1. The molecule has 0 radical (unpaired) electrons. The standard InChI is InChI=1S/C14H8ClF2IO/c15-11-5-8(1-4-12(11)17)6-14(19)10-3-2-9(16)7-13(10)18/h1-5,7H,6H2. The van der Waals surface area contributed by atoms with Crippen LogP contribution in [-0.2, 0) is 6.42 Å². The summed E-state index contributed by atoms with van der Waals surface area (Å²) in [6.07, 6.45) is 0.0988. The van der Waals surface area contributed by atoms with Crippen LogP contribution in [0, 0.1) is 15.2 Å². The van der Waals surface area contributed by atoms with Crippen LogP contribution in [0.2, 0.25) is 5.02 Å². The summed E-state index contributed by atoms with van der Waals surface area (Å²) in [5, 5.41) is -0.0147. The van der Waals surface area contributed by atoms with E-state index in [-0.39, 0.29) is 23.0 Å². The van der Waals surface area contributed by atoms with Gasteiger partial charge in [0.1, 0.15) is 11.6 Å². The molecule has 0 heterocycles. The first-order valence-electron chi connectivity index (χ1n) is 5.39. The molecule has 0 amide bonds. The molecule has 0 atom stereocenters. The fourth-order valence-electron chi connectivity index (χ4n) is 1.65. The molecule has 0 saturated heterocycles. The average Bonchev–Trinajstić information content (AvgIpc) is 2.33. The van der Waals surface area contributed by atoms with E-state index >= 15 is 0 Å². The number of rotatable bonds is 3. The number of carbonyl (C=O) groups is 1. The van der Waals surface area contributed by atoms with Crippen molar-refractivity contribution < 1.29 is 13.6 Å². The Morgan fingerprint density at radius 2 is 1.89 bits per heavy atom. The first-order valence-corrected chi connectivity index (χ1v) is 6.85. The quantitative estimate of drug-likeness (QED) is 0.549. The fraction of sp³-hybridized carbons (Fsp3) is 0.0714. The predicted molar refractivity (Wildman–Crippen MR) is 78.6 cm³/mol. The van der Waals surface area contributed by atoms with Crippen LogP contribution in [0.25, 0.3) is 0 Å². The van der Waals surface area contributed by atoms with Gasteiger partial charge in [0.15, 0.2) is 5.78 Å². The van der Waals surface area contributed by atoms with Gasteiger partial charge in [0, 0.05) is 15.6 Å². The van der Waals surface area contributed by atoms with Gasteiger partial charge in [0.05, 0.1) is 5.02 Å². The molecule has 2 rings (SSSR count). The van der Waals surface area contributed by atoms with Gasteiger partial charge in [-0.05, 0) is 58.5 Å². The molecule has 19 heavy (non-hydrogen) atoms. The zero-order valence-electron chi connectivity index (χ0n) is 9.59. The first-order chi connectivity index (χ1) is 8.97. The Kier molecular flexibility index (Phi) is 4.52. The minimum absolute atomic E-state index is 0.0147. The van der Waals surface area contributed by atoms with Crippen LogP contribution >= 0.6 is 34.2 Å². The fourth-order valence-corrected chi connectivity index (χ4v) is 2.63. The highest BCUT2D eigenvalue weighted by atomic mass is 127. The summed E-state index contributed by atoms with van der Waals surface area (Å²) < 4.78 is 26.5. The summed E-state index contributed by atoms with van der Waals surface area (Å²) in [5.41, 5.74) is 1.07. The third-order valence-corrected chi connectivity index (χ3v) is 3.76. The Morgan fingerprint density at radius 3 is 2.53 bits per heavy atom. The Hall–Kier alpha value is -1.01. The molecule has 0 saturated carbocycles. The molecular formula is C14H8ClF2IO. The molecule has 0 aliphatic carbocycles. The van der Waals surface area contributed by atoms with E-state index in [2.05, 4.69) is 0 Å². The minimum atomic E-state index is -0.519. The number of carbonyl (C=O) groups excluding carboxylic acids is 1. The Balaban J connectivity index is 2.23. The molecule has 2 aromatic rings. The van der Waals surface area contributed by atoms with E-state index < -0.39 is 5.82 Å². The molecule has 0 fully saturated rings. The molecule has 5 heteroatoms. The molecule has 98 valence electrons. The van der Waals surface area contributed by atoms with Crippen molar-refractivity contribution in [3.05, 3.63) is 67.8 Å². The normalized spacial score (nSPS) is 10.5. The lowest BCUT2D eigenvalue weighted by molar-refractivity contribution is 0.0992. The van der Waals surface area contributed by atoms with E-state index in [0.717, 1.165) is 0 Å². The lowest BCUT2D eigenvalue weighted by atomic mass is 10.0. The molecular weight excluding hydrogens is 385 g/mol. The smallest absolute Gasteiger partial charge is 0.168 e. The van der Waals surface area contributed by atoms with Gasteiger partial charge in [-0.1, -0.05) is 17.7 Å². The predicted octanol–water partition coefficient (Wildman–Crippen LogP) is 4.65. The van der Waals surface area contributed by atoms with Gasteiger partial charge in [-0.25, -0.2) is 8.78 Å². The highest BCUT2D eigenvalue weighted by molar-refractivity contribution is 14.1. The van der Waals surface area contributed by atoms with Gasteiger partial charge in [-0.3, -0.25) is 4.79 Å². The van der Waals surface area contributed by atoms with Crippen LogP contribution in [0.4, 0.5) is 8.78 Å². The second kappa shape index (κ2) is 5.96. The topological polar surface area (TPSA) is 17.1 Å². The lowest BCUT2D eigenvalue weighted by Gasteiger charge is -2.05. The third kappa shape index (κ3) is 3.51. The van der Waals surface area contributed by atoms with Crippen LogP contribution in [0.3, 0.4) is 0 Å². The average molecular weight is 393 g/mol. The number of Topliss-reactive ketones (excluding diaryl/α,β-unsaturated/α-hetero) is 1. The zero-order chi connectivity index (χ0) is 14.0. The summed E-state index contributed by atoms with van der Waals surface area (Å²) in [7, 11) is 0. The maximum Gasteiger partial charge on any atom is 0.168 e. The molecule has 0 aliphatic heterocycles. The number of hydrogen-bond donors (Lipinski definition) is 0. The highest BCUT2D eigenvalue weighted by Crippen LogP contribution is 2.19. The number of benzene rings is 2. The lowest BCUT2D eigenvalue weighted by Crippen LogP contribution is -2.06. The maximum atomic E-state index is 13.0. The van der Waals surface area contributed by atoms with Crippen molar-refractivity contribution in [1.82, 2.24) is 0 Å². The number of hydrogen-bond acceptors (Lipinski definition) is 1. The minimum Gasteiger partial charge on any atom is -0.294 e.